The van der Waals surface area contributed by atoms with Crippen molar-refractivity contribution >= 4 is 46.0 Å². The van der Waals surface area contributed by atoms with Gasteiger partial charge in [-0.2, -0.15) is 0 Å². The Labute approximate surface area is 280 Å². The Morgan fingerprint density at radius 2 is 1.40 bits per heavy atom. The number of urea groups is 1. The maximum atomic E-state index is 14.6. The van der Waals surface area contributed by atoms with Gasteiger partial charge in [0.15, 0.2) is 5.78 Å². The molecule has 4 aromatic rings. The second-order valence-electron chi connectivity index (χ2n) is 11.6. The molecule has 0 saturated carbocycles. The molecular weight excluding hydrogens is 625 g/mol. The zero-order chi connectivity index (χ0) is 34.3. The molecule has 0 spiro atoms. The van der Waals surface area contributed by atoms with E-state index in [9.17, 15) is 24.6 Å². The third kappa shape index (κ3) is 6.91. The summed E-state index contributed by atoms with van der Waals surface area (Å²) in [4.78, 5) is 41.1. The topological polar surface area (TPSA) is 142 Å². The predicted molar refractivity (Wildman–Crippen MR) is 190 cm³/mol. The highest BCUT2D eigenvalue weighted by Crippen LogP contribution is 2.51. The molecule has 0 aliphatic carbocycles. The molecule has 1 unspecified atom stereocenters. The molecule has 0 bridgehead atoms. The summed E-state index contributed by atoms with van der Waals surface area (Å²) in [5, 5.41) is 27.8. The minimum absolute atomic E-state index is 0.0645. The second kappa shape index (κ2) is 15.4. The summed E-state index contributed by atoms with van der Waals surface area (Å²) < 4.78 is 5.81. The molecule has 1 heterocycles. The van der Waals surface area contributed by atoms with Crippen LogP contribution in [0.15, 0.2) is 128 Å². The average molecular weight is 666 g/mol. The van der Waals surface area contributed by atoms with E-state index < -0.39 is 43.2 Å². The van der Waals surface area contributed by atoms with Gasteiger partial charge in [-0.05, 0) is 28.4 Å². The summed E-state index contributed by atoms with van der Waals surface area (Å²) in [5.74, 6) is -1.62. The number of hydrogen-bond acceptors (Lipinski definition) is 6. The number of Topliss-reactive ketones (excluding diaryl/α,β-unsaturated/α-hetero) is 1. The van der Waals surface area contributed by atoms with Crippen LogP contribution in [0.1, 0.15) is 29.3 Å². The molecule has 4 aromatic carbocycles. The predicted octanol–water partition coefficient (Wildman–Crippen LogP) is 3.28. The van der Waals surface area contributed by atoms with Gasteiger partial charge in [-0.3, -0.25) is 4.79 Å². The number of primary amides is 1. The summed E-state index contributed by atoms with van der Waals surface area (Å²) >= 11 is 0. The van der Waals surface area contributed by atoms with E-state index in [0.717, 1.165) is 21.5 Å². The van der Waals surface area contributed by atoms with Crippen molar-refractivity contribution in [1.29, 1.82) is 0 Å². The van der Waals surface area contributed by atoms with Crippen LogP contribution in [-0.2, 0) is 16.1 Å². The first-order valence-electron chi connectivity index (χ1n) is 15.7. The van der Waals surface area contributed by atoms with Crippen LogP contribution in [0.2, 0.25) is 0 Å². The molecule has 9 nitrogen and oxygen atoms in total. The van der Waals surface area contributed by atoms with Gasteiger partial charge in [0, 0.05) is 37.4 Å². The molecule has 2 amide bonds. The zero-order valence-electron chi connectivity index (χ0n) is 26.7. The number of benzene rings is 4. The molecule has 1 aliphatic heterocycles. The quantitative estimate of drug-likeness (QED) is 0.0744. The fourth-order valence-corrected chi connectivity index (χ4v) is 10.9. The monoisotopic (exact) mass is 665 g/mol. The van der Waals surface area contributed by atoms with Crippen LogP contribution >= 0.6 is 6.89 Å². The van der Waals surface area contributed by atoms with Crippen molar-refractivity contribution in [3.05, 3.63) is 139 Å². The van der Waals surface area contributed by atoms with Crippen LogP contribution in [0.25, 0.3) is 0 Å². The maximum absolute atomic E-state index is 14.6. The largest absolute Gasteiger partial charge is 0.457 e. The van der Waals surface area contributed by atoms with E-state index in [1.165, 1.54) is 6.08 Å². The van der Waals surface area contributed by atoms with Gasteiger partial charge in [-0.25, -0.2) is 14.5 Å². The number of amides is 2. The maximum Gasteiger partial charge on any atom is 0.350 e. The third-order valence-corrected chi connectivity index (χ3v) is 12.9. The van der Waals surface area contributed by atoms with Gasteiger partial charge in [0.1, 0.15) is 18.3 Å². The van der Waals surface area contributed by atoms with Gasteiger partial charge in [-0.15, -0.1) is 0 Å². The number of rotatable bonds is 13. The molecule has 10 heteroatoms. The van der Waals surface area contributed by atoms with E-state index in [1.807, 2.05) is 91.0 Å². The van der Waals surface area contributed by atoms with Crippen molar-refractivity contribution in [2.75, 3.05) is 6.61 Å². The van der Waals surface area contributed by atoms with E-state index in [1.54, 1.807) is 36.1 Å². The van der Waals surface area contributed by atoms with E-state index in [4.69, 9.17) is 10.5 Å². The highest BCUT2D eigenvalue weighted by Gasteiger charge is 2.55. The Morgan fingerprint density at radius 1 is 0.896 bits per heavy atom. The highest BCUT2D eigenvalue weighted by atomic mass is 31.2. The van der Waals surface area contributed by atoms with Crippen molar-refractivity contribution < 1.29 is 29.3 Å². The molecular formula is C38H40N3O6P. The van der Waals surface area contributed by atoms with Crippen LogP contribution in [0, 0.1) is 5.92 Å². The normalized spacial score (nSPS) is 18.2. The Hall–Kier alpha value is -4.79. The van der Waals surface area contributed by atoms with E-state index >= 15 is 0 Å². The molecule has 1 saturated heterocycles. The summed E-state index contributed by atoms with van der Waals surface area (Å²) in [5.41, 5.74) is 6.58. The van der Waals surface area contributed by atoms with Crippen molar-refractivity contribution in [3.63, 3.8) is 0 Å². The summed E-state index contributed by atoms with van der Waals surface area (Å²) in [6.07, 6.45) is -0.883. The summed E-state index contributed by atoms with van der Waals surface area (Å²) in [7, 11) is 0. The Balaban J connectivity index is 1.74. The fraction of sp³-hybridized carbons (Fsp3) is 0.211. The number of carbonyl (C=O) groups is 3. The number of esters is 1. The molecule has 0 aromatic heterocycles. The lowest BCUT2D eigenvalue weighted by molar-refractivity contribution is -0.171. The Bertz CT molecular complexity index is 1690. The minimum Gasteiger partial charge on any atom is -0.457 e. The number of ketones is 1. The fourth-order valence-electron chi connectivity index (χ4n) is 6.44. The molecule has 4 atom stereocenters. The zero-order valence-corrected chi connectivity index (χ0v) is 27.6. The molecule has 5 rings (SSSR count). The lowest BCUT2D eigenvalue weighted by Crippen LogP contribution is -2.71. The van der Waals surface area contributed by atoms with Gasteiger partial charge in [-0.1, -0.05) is 128 Å². The minimum atomic E-state index is -3.11. The molecule has 248 valence electrons. The molecule has 5 N–H and O–H groups in total. The summed E-state index contributed by atoms with van der Waals surface area (Å²) in [6.45, 7) is 2.34. The highest BCUT2D eigenvalue weighted by molar-refractivity contribution is 7.96. The number of hydrogen-bond donors (Lipinski definition) is 4. The SMILES string of the molecule is C=CCOC(=O)C(N1C(O)[C@H]([C@@H](C)O)[C@H]1CC(=O)c1ccc(CNC(N)=O)cc1)=P(c1ccccc1)(c1ccccc1)c1ccccc1. The van der Waals surface area contributed by atoms with E-state index in [-0.39, 0.29) is 30.8 Å². The average Bonchev–Trinajstić information content (AvgIpc) is 3.10. The van der Waals surface area contributed by atoms with E-state index in [0.29, 0.717) is 5.56 Å². The van der Waals surface area contributed by atoms with Crippen molar-refractivity contribution in [2.24, 2.45) is 11.7 Å². The first kappa shape index (κ1) is 34.5. The number of carbonyl (C=O) groups excluding carboxylic acids is 3. The number of nitrogens with two attached hydrogens (primary N) is 1. The number of likely N-dealkylation sites (tertiary alicyclic amines) is 1. The Kier molecular flexibility index (Phi) is 11.1. The lowest BCUT2D eigenvalue weighted by Gasteiger charge is -2.55. The third-order valence-electron chi connectivity index (χ3n) is 8.63. The first-order valence-corrected chi connectivity index (χ1v) is 17.5. The number of nitrogens with zero attached hydrogens (tertiary/aromatic N) is 1. The van der Waals surface area contributed by atoms with Crippen LogP contribution < -0.4 is 27.0 Å². The van der Waals surface area contributed by atoms with Crippen LogP contribution in [0.3, 0.4) is 0 Å². The number of nitrogens with one attached hydrogen (secondary N) is 1. The molecule has 1 fully saturated rings. The molecule has 0 radical (unpaired) electrons. The summed E-state index contributed by atoms with van der Waals surface area (Å²) in [6, 6.07) is 34.4. The number of ether oxygens (including phenoxy) is 1. The van der Waals surface area contributed by atoms with Crippen LogP contribution in [0.5, 0.6) is 0 Å². The van der Waals surface area contributed by atoms with Crippen LogP contribution in [-0.4, -0.2) is 63.3 Å². The van der Waals surface area contributed by atoms with Gasteiger partial charge < -0.3 is 26.0 Å². The number of aliphatic hydroxyl groups excluding tert-OH is 2. The van der Waals surface area contributed by atoms with E-state index in [2.05, 4.69) is 11.9 Å². The molecule has 1 aliphatic rings. The Morgan fingerprint density at radius 3 is 1.83 bits per heavy atom. The second-order valence-corrected chi connectivity index (χ2v) is 15.0. The molecule has 48 heavy (non-hydrogen) atoms. The van der Waals surface area contributed by atoms with Crippen molar-refractivity contribution in [3.8, 4) is 0 Å². The van der Waals surface area contributed by atoms with Gasteiger partial charge in [0.2, 0.25) is 0 Å². The van der Waals surface area contributed by atoms with Gasteiger partial charge in [0.25, 0.3) is 0 Å². The van der Waals surface area contributed by atoms with Crippen LogP contribution in [0.4, 0.5) is 4.79 Å². The standard InChI is InChI=1S/C38H40N3O6P/c1-3-23-47-37(45)36(48(29-13-7-4-8-14-29,30-15-9-5-10-16-30)31-17-11-6-12-18-31)41-32(34(26(2)42)35(41)44)24-33(43)28-21-19-27(20-22-28)25-40-38(39)46/h3-22,26,32,34-35,42,44H,1,23-25H2,2H3,(H3,39,40,46)/t26-,32-,34-,35?/m1/s1. The smallest absolute Gasteiger partial charge is 0.350 e. The van der Waals surface area contributed by atoms with Crippen molar-refractivity contribution in [2.45, 2.75) is 38.3 Å². The number of aliphatic hydroxyl groups is 2. The van der Waals surface area contributed by atoms with Gasteiger partial charge in [0.05, 0.1) is 6.10 Å². The van der Waals surface area contributed by atoms with Crippen molar-refractivity contribution in [1.82, 2.24) is 10.2 Å². The first-order chi connectivity index (χ1) is 23.2. The lowest BCUT2D eigenvalue weighted by atomic mass is 9.78. The van der Waals surface area contributed by atoms with Gasteiger partial charge >= 0.3 is 12.0 Å².